The van der Waals surface area contributed by atoms with E-state index in [-0.39, 0.29) is 5.56 Å². The molecule has 2 aromatic carbocycles. The average molecular weight is 293 g/mol. The minimum absolute atomic E-state index is 0.288. The molecule has 0 aromatic heterocycles. The molecule has 0 unspecified atom stereocenters. The minimum atomic E-state index is -0.924. The fourth-order valence-corrected chi connectivity index (χ4v) is 3.24. The second-order valence-electron chi connectivity index (χ2n) is 4.63. The zero-order valence-corrected chi connectivity index (χ0v) is 11.9. The van der Waals surface area contributed by atoms with Gasteiger partial charge < -0.3 is 5.11 Å². The van der Waals surface area contributed by atoms with Crippen molar-refractivity contribution in [2.45, 2.75) is 4.90 Å². The van der Waals surface area contributed by atoms with Gasteiger partial charge in [-0.05, 0) is 47.0 Å². The van der Waals surface area contributed by atoms with Crippen molar-refractivity contribution >= 4 is 23.3 Å². The van der Waals surface area contributed by atoms with E-state index in [1.807, 2.05) is 18.2 Å². The third-order valence-electron chi connectivity index (χ3n) is 3.37. The molecule has 0 amide bonds. The lowest BCUT2D eigenvalue weighted by atomic mass is 9.95. The van der Waals surface area contributed by atoms with Crippen LogP contribution in [0.1, 0.15) is 27.0 Å². The van der Waals surface area contributed by atoms with Crippen molar-refractivity contribution in [2.24, 2.45) is 0 Å². The van der Waals surface area contributed by atoms with Gasteiger partial charge in [-0.15, -0.1) is 11.8 Å². The average Bonchev–Trinajstić information content (AvgIpc) is 2.54. The smallest absolute Gasteiger partial charge is 0.335 e. The van der Waals surface area contributed by atoms with Gasteiger partial charge >= 0.3 is 5.97 Å². The molecule has 4 heteroatoms. The lowest BCUT2D eigenvalue weighted by Crippen LogP contribution is -2.02. The summed E-state index contributed by atoms with van der Waals surface area (Å²) in [5, 5.41) is 18.0. The van der Waals surface area contributed by atoms with Crippen LogP contribution in [-0.2, 0) is 0 Å². The second kappa shape index (κ2) is 5.47. The molecule has 1 aliphatic rings. The van der Waals surface area contributed by atoms with Crippen LogP contribution in [0.15, 0.2) is 53.4 Å². The van der Waals surface area contributed by atoms with Crippen molar-refractivity contribution < 1.29 is 9.90 Å². The van der Waals surface area contributed by atoms with Crippen LogP contribution < -0.4 is 0 Å². The minimum Gasteiger partial charge on any atom is -0.478 e. The molecule has 3 nitrogen and oxygen atoms in total. The topological polar surface area (TPSA) is 61.1 Å². The van der Waals surface area contributed by atoms with Crippen LogP contribution >= 0.6 is 11.8 Å². The number of nitriles is 1. The summed E-state index contributed by atoms with van der Waals surface area (Å²) < 4.78 is 0. The predicted molar refractivity (Wildman–Crippen MR) is 82.4 cm³/mol. The summed E-state index contributed by atoms with van der Waals surface area (Å²) in [5.41, 5.74) is 3.87. The highest BCUT2D eigenvalue weighted by Crippen LogP contribution is 2.37. The molecule has 0 atom stereocenters. The number of thioether (sulfide) groups is 1. The van der Waals surface area contributed by atoms with Crippen LogP contribution in [0, 0.1) is 11.3 Å². The molecule has 0 aliphatic carbocycles. The molecule has 21 heavy (non-hydrogen) atoms. The first-order chi connectivity index (χ1) is 10.2. The van der Waals surface area contributed by atoms with E-state index in [1.54, 1.807) is 36.0 Å². The van der Waals surface area contributed by atoms with E-state index < -0.39 is 5.97 Å². The highest BCUT2D eigenvalue weighted by atomic mass is 32.2. The molecule has 0 fully saturated rings. The number of carbonyl (C=O) groups is 1. The van der Waals surface area contributed by atoms with Gasteiger partial charge in [0.15, 0.2) is 0 Å². The first-order valence-corrected chi connectivity index (χ1v) is 7.39. The highest BCUT2D eigenvalue weighted by molar-refractivity contribution is 7.99. The number of hydrogen-bond donors (Lipinski definition) is 1. The van der Waals surface area contributed by atoms with Crippen LogP contribution in [0.25, 0.3) is 5.57 Å². The Morgan fingerprint density at radius 2 is 1.95 bits per heavy atom. The van der Waals surface area contributed by atoms with E-state index >= 15 is 0 Å². The van der Waals surface area contributed by atoms with Gasteiger partial charge in [0.25, 0.3) is 0 Å². The Hall–Kier alpha value is -2.51. The summed E-state index contributed by atoms with van der Waals surface area (Å²) >= 11 is 1.69. The molecule has 3 rings (SSSR count). The van der Waals surface area contributed by atoms with Crippen LogP contribution in [-0.4, -0.2) is 16.8 Å². The Balaban J connectivity index is 2.09. The van der Waals surface area contributed by atoms with Gasteiger partial charge in [-0.3, -0.25) is 0 Å². The van der Waals surface area contributed by atoms with Gasteiger partial charge in [0, 0.05) is 10.6 Å². The number of rotatable bonds is 2. The standard InChI is InChI=1S/C17H11NO2S/c18-10-11-1-3-12(4-2-11)14-7-8-21-16-6-5-13(17(19)20)9-15(14)16/h1-7,9H,8H2,(H,19,20). The molecular formula is C17H11NO2S. The van der Waals surface area contributed by atoms with Crippen molar-refractivity contribution in [2.75, 3.05) is 5.75 Å². The van der Waals surface area contributed by atoms with E-state index in [1.165, 1.54) is 0 Å². The normalized spacial score (nSPS) is 13.0. The first-order valence-electron chi connectivity index (χ1n) is 6.40. The summed E-state index contributed by atoms with van der Waals surface area (Å²) in [7, 11) is 0. The maximum atomic E-state index is 11.2. The van der Waals surface area contributed by atoms with Crippen LogP contribution in [0.5, 0.6) is 0 Å². The zero-order valence-electron chi connectivity index (χ0n) is 11.0. The van der Waals surface area contributed by atoms with Crippen LogP contribution in [0.2, 0.25) is 0 Å². The van der Waals surface area contributed by atoms with Crippen molar-refractivity contribution in [3.8, 4) is 6.07 Å². The molecule has 102 valence electrons. The Bertz CT molecular complexity index is 785. The lowest BCUT2D eigenvalue weighted by molar-refractivity contribution is 0.0697. The number of hydrogen-bond acceptors (Lipinski definition) is 3. The fourth-order valence-electron chi connectivity index (χ4n) is 2.32. The van der Waals surface area contributed by atoms with Crippen molar-refractivity contribution in [3.05, 3.63) is 70.8 Å². The highest BCUT2D eigenvalue weighted by Gasteiger charge is 2.17. The number of nitrogens with zero attached hydrogens (tertiary/aromatic N) is 1. The summed E-state index contributed by atoms with van der Waals surface area (Å²) in [6.07, 6.45) is 2.10. The van der Waals surface area contributed by atoms with Gasteiger partial charge in [-0.2, -0.15) is 5.26 Å². The van der Waals surface area contributed by atoms with E-state index in [0.29, 0.717) is 5.56 Å². The number of fused-ring (bicyclic) bond motifs is 1. The molecular weight excluding hydrogens is 282 g/mol. The summed E-state index contributed by atoms with van der Waals surface area (Å²) in [4.78, 5) is 12.2. The molecule has 0 saturated carbocycles. The van der Waals surface area contributed by atoms with Crippen molar-refractivity contribution in [1.82, 2.24) is 0 Å². The molecule has 2 aromatic rings. The van der Waals surface area contributed by atoms with Crippen molar-refractivity contribution in [1.29, 1.82) is 5.26 Å². The van der Waals surface area contributed by atoms with Crippen molar-refractivity contribution in [3.63, 3.8) is 0 Å². The number of aromatic carboxylic acids is 1. The molecule has 1 heterocycles. The molecule has 1 N–H and O–H groups in total. The fraction of sp³-hybridized carbons (Fsp3) is 0.0588. The Morgan fingerprint density at radius 3 is 2.62 bits per heavy atom. The Morgan fingerprint density at radius 1 is 1.19 bits per heavy atom. The number of benzene rings is 2. The maximum Gasteiger partial charge on any atom is 0.335 e. The molecule has 0 bridgehead atoms. The van der Waals surface area contributed by atoms with Gasteiger partial charge in [0.1, 0.15) is 0 Å². The van der Waals surface area contributed by atoms with E-state index in [4.69, 9.17) is 10.4 Å². The molecule has 0 radical (unpaired) electrons. The molecule has 0 spiro atoms. The number of carboxylic acid groups (broad SMARTS) is 1. The summed E-state index contributed by atoms with van der Waals surface area (Å²) in [5.74, 6) is -0.0677. The monoisotopic (exact) mass is 293 g/mol. The largest absolute Gasteiger partial charge is 0.478 e. The third-order valence-corrected chi connectivity index (χ3v) is 4.37. The van der Waals surface area contributed by atoms with E-state index in [2.05, 4.69) is 12.1 Å². The number of carboxylic acids is 1. The lowest BCUT2D eigenvalue weighted by Gasteiger charge is -2.18. The summed E-state index contributed by atoms with van der Waals surface area (Å²) in [6, 6.07) is 14.7. The third kappa shape index (κ3) is 2.56. The zero-order chi connectivity index (χ0) is 14.8. The SMILES string of the molecule is N#Cc1ccc(C2=CCSc3ccc(C(=O)O)cc32)cc1. The van der Waals surface area contributed by atoms with Gasteiger partial charge in [-0.25, -0.2) is 4.79 Å². The predicted octanol–water partition coefficient (Wildman–Crippen LogP) is 3.79. The second-order valence-corrected chi connectivity index (χ2v) is 5.70. The van der Waals surface area contributed by atoms with Crippen LogP contribution in [0.4, 0.5) is 0 Å². The van der Waals surface area contributed by atoms with Gasteiger partial charge in [0.05, 0.1) is 17.2 Å². The van der Waals surface area contributed by atoms with Gasteiger partial charge in [-0.1, -0.05) is 18.2 Å². The first kappa shape index (κ1) is 13.5. The quantitative estimate of drug-likeness (QED) is 0.915. The Labute approximate surface area is 126 Å². The van der Waals surface area contributed by atoms with E-state index in [0.717, 1.165) is 27.3 Å². The molecule has 0 saturated heterocycles. The summed E-state index contributed by atoms with van der Waals surface area (Å²) in [6.45, 7) is 0. The Kier molecular flexibility index (Phi) is 3.51. The van der Waals surface area contributed by atoms with Gasteiger partial charge in [0.2, 0.25) is 0 Å². The maximum absolute atomic E-state index is 11.2. The van der Waals surface area contributed by atoms with E-state index in [9.17, 15) is 4.79 Å². The van der Waals surface area contributed by atoms with Crippen LogP contribution in [0.3, 0.4) is 0 Å². The molecule has 1 aliphatic heterocycles.